The van der Waals surface area contributed by atoms with Crippen LogP contribution < -0.4 is 15.5 Å². The molecule has 0 atom stereocenters. The number of rotatable bonds is 3. The van der Waals surface area contributed by atoms with Crippen LogP contribution in [0.2, 0.25) is 0 Å². The molecular weight excluding hydrogens is 492 g/mol. The van der Waals surface area contributed by atoms with Gasteiger partial charge in [-0.05, 0) is 70.4 Å². The van der Waals surface area contributed by atoms with E-state index in [0.29, 0.717) is 30.2 Å². The van der Waals surface area contributed by atoms with Crippen molar-refractivity contribution in [1.29, 1.82) is 0 Å². The molecule has 1 aromatic carbocycles. The number of carbonyl (C=O) groups is 3. The van der Waals surface area contributed by atoms with Gasteiger partial charge in [0.1, 0.15) is 11.4 Å². The number of aromatic nitrogens is 2. The largest absolute Gasteiger partial charge is 0.444 e. The van der Waals surface area contributed by atoms with Gasteiger partial charge in [0.25, 0.3) is 0 Å². The normalized spacial score (nSPS) is 16.5. The van der Waals surface area contributed by atoms with Gasteiger partial charge in [0.05, 0.1) is 33.2 Å². The van der Waals surface area contributed by atoms with Crippen LogP contribution in [0.4, 0.5) is 22.0 Å². The van der Waals surface area contributed by atoms with Gasteiger partial charge in [0.15, 0.2) is 0 Å². The highest BCUT2D eigenvalue weighted by molar-refractivity contribution is 7.16. The van der Waals surface area contributed by atoms with Gasteiger partial charge in [-0.25, -0.2) is 14.8 Å². The first-order valence-electron chi connectivity index (χ1n) is 12.2. The molecule has 11 heteroatoms. The number of aryl methyl sites for hydroxylation is 1. The fourth-order valence-electron chi connectivity index (χ4n) is 4.99. The SMILES string of the molecule is Cc1cc(NC(=O)C(=O)N2CC3(CCCN3c3ccc4scnc4c3)C2)cnc1NC(=O)OC(C)(C)C. The number of fused-ring (bicyclic) bond motifs is 1. The summed E-state index contributed by atoms with van der Waals surface area (Å²) in [6.45, 7) is 8.98. The van der Waals surface area contributed by atoms with E-state index in [4.69, 9.17) is 4.74 Å². The number of nitrogens with zero attached hydrogens (tertiary/aromatic N) is 4. The third-order valence-electron chi connectivity index (χ3n) is 6.63. The molecule has 2 aliphatic rings. The Morgan fingerprint density at radius 1 is 1.11 bits per heavy atom. The van der Waals surface area contributed by atoms with Gasteiger partial charge in [-0.15, -0.1) is 11.3 Å². The van der Waals surface area contributed by atoms with Crippen LogP contribution >= 0.6 is 11.3 Å². The van der Waals surface area contributed by atoms with Crippen molar-refractivity contribution in [2.75, 3.05) is 35.2 Å². The van der Waals surface area contributed by atoms with Gasteiger partial charge >= 0.3 is 17.9 Å². The molecule has 2 aliphatic heterocycles. The summed E-state index contributed by atoms with van der Waals surface area (Å²) in [7, 11) is 0. The zero-order chi connectivity index (χ0) is 26.4. The quantitative estimate of drug-likeness (QED) is 0.496. The van der Waals surface area contributed by atoms with Crippen molar-refractivity contribution in [3.05, 3.63) is 41.5 Å². The molecule has 5 rings (SSSR count). The minimum absolute atomic E-state index is 0.146. The minimum Gasteiger partial charge on any atom is -0.444 e. The highest BCUT2D eigenvalue weighted by atomic mass is 32.1. The summed E-state index contributed by atoms with van der Waals surface area (Å²) in [6, 6.07) is 7.96. The zero-order valence-electron chi connectivity index (χ0n) is 21.3. The van der Waals surface area contributed by atoms with E-state index in [1.807, 2.05) is 5.51 Å². The number of ether oxygens (including phenoxy) is 1. The van der Waals surface area contributed by atoms with Crippen LogP contribution in [0.25, 0.3) is 10.2 Å². The predicted octanol–water partition coefficient (Wildman–Crippen LogP) is 4.17. The lowest BCUT2D eigenvalue weighted by atomic mass is 9.86. The lowest BCUT2D eigenvalue weighted by molar-refractivity contribution is -0.148. The Balaban J connectivity index is 1.19. The fourth-order valence-corrected chi connectivity index (χ4v) is 5.65. The molecule has 10 nitrogen and oxygen atoms in total. The second-order valence-electron chi connectivity index (χ2n) is 10.6. The van der Waals surface area contributed by atoms with E-state index in [-0.39, 0.29) is 5.54 Å². The number of nitrogens with one attached hydrogen (secondary N) is 2. The number of carbonyl (C=O) groups excluding carboxylic acids is 3. The monoisotopic (exact) mass is 522 g/mol. The van der Waals surface area contributed by atoms with E-state index < -0.39 is 23.5 Å². The summed E-state index contributed by atoms with van der Waals surface area (Å²) in [4.78, 5) is 50.2. The van der Waals surface area contributed by atoms with Crippen LogP contribution in [-0.2, 0) is 14.3 Å². The number of likely N-dealkylation sites (tertiary alicyclic amines) is 1. The molecule has 2 aromatic heterocycles. The average Bonchev–Trinajstić information content (AvgIpc) is 3.44. The Kier molecular flexibility index (Phi) is 6.26. The van der Waals surface area contributed by atoms with Crippen molar-refractivity contribution in [3.63, 3.8) is 0 Å². The molecule has 2 saturated heterocycles. The third-order valence-corrected chi connectivity index (χ3v) is 7.44. The Labute approximate surface area is 219 Å². The summed E-state index contributed by atoms with van der Waals surface area (Å²) in [5.41, 5.74) is 4.15. The number of thiazole rings is 1. The van der Waals surface area contributed by atoms with Gasteiger partial charge in [0.2, 0.25) is 0 Å². The van der Waals surface area contributed by atoms with Crippen molar-refractivity contribution in [2.45, 2.75) is 51.7 Å². The Morgan fingerprint density at radius 2 is 1.89 bits per heavy atom. The topological polar surface area (TPSA) is 117 Å². The van der Waals surface area contributed by atoms with E-state index in [1.54, 1.807) is 50.0 Å². The molecule has 0 aliphatic carbocycles. The molecule has 3 amide bonds. The van der Waals surface area contributed by atoms with E-state index in [0.717, 1.165) is 35.3 Å². The van der Waals surface area contributed by atoms with Gasteiger partial charge in [-0.3, -0.25) is 14.9 Å². The molecule has 4 heterocycles. The molecule has 2 N–H and O–H groups in total. The number of anilines is 3. The molecule has 3 aromatic rings. The summed E-state index contributed by atoms with van der Waals surface area (Å²) >= 11 is 1.62. The Morgan fingerprint density at radius 3 is 2.62 bits per heavy atom. The predicted molar refractivity (Wildman–Crippen MR) is 143 cm³/mol. The molecular formula is C26H30N6O4S. The number of amides is 3. The second kappa shape index (κ2) is 9.29. The van der Waals surface area contributed by atoms with Crippen LogP contribution in [0.15, 0.2) is 36.0 Å². The third kappa shape index (κ3) is 5.08. The van der Waals surface area contributed by atoms with Crippen LogP contribution in [-0.4, -0.2) is 63.5 Å². The van der Waals surface area contributed by atoms with E-state index >= 15 is 0 Å². The molecule has 194 valence electrons. The number of benzene rings is 1. The average molecular weight is 523 g/mol. The van der Waals surface area contributed by atoms with Crippen molar-refractivity contribution < 1.29 is 19.1 Å². The highest BCUT2D eigenvalue weighted by Gasteiger charge is 2.52. The Hall–Kier alpha value is -3.73. The zero-order valence-corrected chi connectivity index (χ0v) is 22.1. The number of hydrogen-bond acceptors (Lipinski definition) is 8. The van der Waals surface area contributed by atoms with E-state index in [9.17, 15) is 14.4 Å². The maximum absolute atomic E-state index is 12.9. The first-order valence-corrected chi connectivity index (χ1v) is 13.1. The van der Waals surface area contributed by atoms with Crippen molar-refractivity contribution in [2.24, 2.45) is 0 Å². The molecule has 0 radical (unpaired) electrons. The van der Waals surface area contributed by atoms with Crippen LogP contribution in [0.5, 0.6) is 0 Å². The molecule has 0 saturated carbocycles. The van der Waals surface area contributed by atoms with Crippen molar-refractivity contribution >= 4 is 56.7 Å². The Bertz CT molecular complexity index is 1370. The summed E-state index contributed by atoms with van der Waals surface area (Å²) < 4.78 is 6.39. The number of hydrogen-bond donors (Lipinski definition) is 2. The smallest absolute Gasteiger partial charge is 0.413 e. The lowest BCUT2D eigenvalue weighted by Gasteiger charge is -2.53. The van der Waals surface area contributed by atoms with Gasteiger partial charge in [0, 0.05) is 25.3 Å². The maximum Gasteiger partial charge on any atom is 0.413 e. The summed E-state index contributed by atoms with van der Waals surface area (Å²) in [5.74, 6) is -0.959. The molecule has 37 heavy (non-hydrogen) atoms. The van der Waals surface area contributed by atoms with Crippen LogP contribution in [0, 0.1) is 6.92 Å². The van der Waals surface area contributed by atoms with Gasteiger partial charge in [-0.1, -0.05) is 0 Å². The van der Waals surface area contributed by atoms with Crippen LogP contribution in [0.1, 0.15) is 39.2 Å². The highest BCUT2D eigenvalue weighted by Crippen LogP contribution is 2.41. The maximum atomic E-state index is 12.9. The molecule has 2 fully saturated rings. The molecule has 1 spiro atoms. The first kappa shape index (κ1) is 24.9. The lowest BCUT2D eigenvalue weighted by Crippen LogP contribution is -2.70. The fraction of sp³-hybridized carbons (Fsp3) is 0.423. The summed E-state index contributed by atoms with van der Waals surface area (Å²) in [6.07, 6.45) is 2.80. The van der Waals surface area contributed by atoms with Gasteiger partial charge in [-0.2, -0.15) is 0 Å². The molecule has 0 bridgehead atoms. The van der Waals surface area contributed by atoms with E-state index in [2.05, 4.69) is 43.7 Å². The first-order chi connectivity index (χ1) is 17.5. The van der Waals surface area contributed by atoms with Crippen molar-refractivity contribution in [3.8, 4) is 0 Å². The minimum atomic E-state index is -0.711. The summed E-state index contributed by atoms with van der Waals surface area (Å²) in [5, 5.41) is 5.22. The van der Waals surface area contributed by atoms with Crippen molar-refractivity contribution in [1.82, 2.24) is 14.9 Å². The van der Waals surface area contributed by atoms with E-state index in [1.165, 1.54) is 6.20 Å². The standard InChI is InChI=1S/C26H30N6O4S/c1-16-10-17(12-27-21(16)30-24(35)36-25(2,3)4)29-22(33)23(34)31-13-26(14-31)8-5-9-32(26)18-6-7-20-19(11-18)28-15-37-20/h6-7,10-12,15H,5,8-9,13-14H2,1-4H3,(H,29,33)(H,27,30,35). The second-order valence-corrected chi connectivity index (χ2v) is 11.5. The number of pyridine rings is 1. The van der Waals surface area contributed by atoms with Gasteiger partial charge < -0.3 is 19.9 Å². The molecule has 0 unspecified atom stereocenters. The van der Waals surface area contributed by atoms with Crippen LogP contribution in [0.3, 0.4) is 0 Å².